The van der Waals surface area contributed by atoms with Crippen molar-refractivity contribution in [1.29, 1.82) is 0 Å². The summed E-state index contributed by atoms with van der Waals surface area (Å²) < 4.78 is 12.5. The van der Waals surface area contributed by atoms with E-state index in [4.69, 9.17) is 21.1 Å². The fraction of sp³-hybridized carbons (Fsp3) is 0.200. The number of anilines is 1. The van der Waals surface area contributed by atoms with Crippen LogP contribution in [-0.4, -0.2) is 33.3 Å². The fourth-order valence-corrected chi connectivity index (χ4v) is 3.44. The van der Waals surface area contributed by atoms with E-state index in [0.29, 0.717) is 34.6 Å². The third-order valence-electron chi connectivity index (χ3n) is 4.65. The van der Waals surface area contributed by atoms with Crippen molar-refractivity contribution in [2.45, 2.75) is 19.6 Å². The molecule has 1 N–H and O–H groups in total. The SMILES string of the molecule is COC(=O)C1=C(C)Nc2nnnn2C1c1cccc(OCc2ccccc2Cl)c1. The van der Waals surface area contributed by atoms with E-state index in [1.807, 2.05) is 48.5 Å². The van der Waals surface area contributed by atoms with Crippen molar-refractivity contribution in [3.05, 3.63) is 76.0 Å². The van der Waals surface area contributed by atoms with Crippen LogP contribution in [0.1, 0.15) is 24.1 Å². The van der Waals surface area contributed by atoms with Crippen molar-refractivity contribution in [1.82, 2.24) is 20.2 Å². The zero-order valence-corrected chi connectivity index (χ0v) is 16.6. The van der Waals surface area contributed by atoms with Gasteiger partial charge in [0.1, 0.15) is 18.4 Å². The molecule has 29 heavy (non-hydrogen) atoms. The largest absolute Gasteiger partial charge is 0.489 e. The number of ether oxygens (including phenoxy) is 2. The van der Waals surface area contributed by atoms with Gasteiger partial charge in [-0.15, -0.1) is 0 Å². The molecule has 0 bridgehead atoms. The summed E-state index contributed by atoms with van der Waals surface area (Å²) in [6, 6.07) is 14.4. The number of rotatable bonds is 5. The van der Waals surface area contributed by atoms with Crippen LogP contribution in [0.25, 0.3) is 0 Å². The lowest BCUT2D eigenvalue weighted by Crippen LogP contribution is -2.29. The normalized spacial score (nSPS) is 15.5. The lowest BCUT2D eigenvalue weighted by atomic mass is 9.95. The monoisotopic (exact) mass is 411 g/mol. The highest BCUT2D eigenvalue weighted by Gasteiger charge is 2.34. The summed E-state index contributed by atoms with van der Waals surface area (Å²) in [5.74, 6) is 0.628. The Labute approximate surface area is 172 Å². The Morgan fingerprint density at radius 3 is 2.86 bits per heavy atom. The Hall–Kier alpha value is -3.39. The Bertz CT molecular complexity index is 1090. The maximum Gasteiger partial charge on any atom is 0.338 e. The number of tetrazole rings is 1. The van der Waals surface area contributed by atoms with Crippen molar-refractivity contribution in [3.63, 3.8) is 0 Å². The molecular formula is C20H18ClN5O3. The quantitative estimate of drug-likeness (QED) is 0.643. The molecule has 148 valence electrons. The number of allylic oxidation sites excluding steroid dienone is 1. The average molecular weight is 412 g/mol. The minimum atomic E-state index is -0.544. The van der Waals surface area contributed by atoms with Crippen LogP contribution in [0.2, 0.25) is 5.02 Å². The summed E-state index contributed by atoms with van der Waals surface area (Å²) in [5, 5.41) is 15.4. The maximum absolute atomic E-state index is 12.5. The number of esters is 1. The molecule has 1 unspecified atom stereocenters. The lowest BCUT2D eigenvalue weighted by Gasteiger charge is -2.27. The van der Waals surface area contributed by atoms with E-state index in [1.165, 1.54) is 7.11 Å². The first kappa shape index (κ1) is 18.9. The summed E-state index contributed by atoms with van der Waals surface area (Å²) in [4.78, 5) is 12.5. The van der Waals surface area contributed by atoms with E-state index in [9.17, 15) is 4.79 Å². The molecule has 8 nitrogen and oxygen atoms in total. The predicted molar refractivity (Wildman–Crippen MR) is 107 cm³/mol. The van der Waals surface area contributed by atoms with Gasteiger partial charge < -0.3 is 14.8 Å². The molecule has 1 aliphatic rings. The van der Waals surface area contributed by atoms with E-state index in [2.05, 4.69) is 20.8 Å². The molecule has 2 aromatic carbocycles. The number of aromatic nitrogens is 4. The molecular weight excluding hydrogens is 394 g/mol. The molecule has 1 atom stereocenters. The van der Waals surface area contributed by atoms with Crippen LogP contribution in [-0.2, 0) is 16.1 Å². The van der Waals surface area contributed by atoms with Crippen molar-refractivity contribution >= 4 is 23.5 Å². The van der Waals surface area contributed by atoms with Crippen LogP contribution >= 0.6 is 11.6 Å². The average Bonchev–Trinajstić information content (AvgIpc) is 3.19. The molecule has 0 amide bonds. The molecule has 1 aliphatic heterocycles. The van der Waals surface area contributed by atoms with E-state index in [1.54, 1.807) is 11.6 Å². The molecule has 0 aliphatic carbocycles. The van der Waals surface area contributed by atoms with Crippen LogP contribution < -0.4 is 10.1 Å². The van der Waals surface area contributed by atoms with Crippen molar-refractivity contribution in [3.8, 4) is 5.75 Å². The van der Waals surface area contributed by atoms with Gasteiger partial charge in [0.25, 0.3) is 0 Å². The molecule has 0 saturated heterocycles. The number of benzene rings is 2. The summed E-state index contributed by atoms with van der Waals surface area (Å²) in [6.07, 6.45) is 0. The number of methoxy groups -OCH3 is 1. The molecule has 1 aromatic heterocycles. The topological polar surface area (TPSA) is 91.2 Å². The number of nitrogens with zero attached hydrogens (tertiary/aromatic N) is 4. The Kier molecular flexibility index (Phi) is 5.18. The maximum atomic E-state index is 12.5. The van der Waals surface area contributed by atoms with Crippen LogP contribution in [0.4, 0.5) is 5.95 Å². The number of halogens is 1. The first-order valence-corrected chi connectivity index (χ1v) is 9.26. The highest BCUT2D eigenvalue weighted by Crippen LogP contribution is 2.36. The summed E-state index contributed by atoms with van der Waals surface area (Å²) >= 11 is 6.20. The summed E-state index contributed by atoms with van der Waals surface area (Å²) in [5.41, 5.74) is 2.73. The molecule has 0 fully saturated rings. The molecule has 2 heterocycles. The zero-order chi connectivity index (χ0) is 20.4. The standard InChI is InChI=1S/C20H18ClN5O3/c1-12-17(19(27)28-2)18(26-20(22-12)23-24-25-26)13-7-5-8-15(10-13)29-11-14-6-3-4-9-16(14)21/h3-10,18H,11H2,1-2H3,(H,22,23,25). The number of fused-ring (bicyclic) bond motifs is 1. The molecule has 4 rings (SSSR count). The van der Waals surface area contributed by atoms with Crippen molar-refractivity contribution in [2.75, 3.05) is 12.4 Å². The van der Waals surface area contributed by atoms with E-state index in [0.717, 1.165) is 11.1 Å². The first-order chi connectivity index (χ1) is 14.1. The van der Waals surface area contributed by atoms with E-state index >= 15 is 0 Å². The fourth-order valence-electron chi connectivity index (χ4n) is 3.25. The van der Waals surface area contributed by atoms with E-state index < -0.39 is 12.0 Å². The zero-order valence-electron chi connectivity index (χ0n) is 15.8. The third kappa shape index (κ3) is 3.66. The van der Waals surface area contributed by atoms with Gasteiger partial charge in [-0.3, -0.25) is 0 Å². The highest BCUT2D eigenvalue weighted by molar-refractivity contribution is 6.31. The lowest BCUT2D eigenvalue weighted by molar-refractivity contribution is -0.136. The van der Waals surface area contributed by atoms with Crippen LogP contribution in [0, 0.1) is 0 Å². The second-order valence-corrected chi connectivity index (χ2v) is 6.86. The van der Waals surface area contributed by atoms with Gasteiger partial charge in [0.15, 0.2) is 0 Å². The number of carbonyl (C=O) groups is 1. The van der Waals surface area contributed by atoms with Gasteiger partial charge in [-0.1, -0.05) is 47.0 Å². The van der Waals surface area contributed by atoms with Crippen molar-refractivity contribution < 1.29 is 14.3 Å². The second-order valence-electron chi connectivity index (χ2n) is 6.46. The number of nitrogens with one attached hydrogen (secondary N) is 1. The number of hydrogen-bond acceptors (Lipinski definition) is 7. The van der Waals surface area contributed by atoms with Crippen LogP contribution in [0.3, 0.4) is 0 Å². The van der Waals surface area contributed by atoms with Gasteiger partial charge >= 0.3 is 5.97 Å². The third-order valence-corrected chi connectivity index (χ3v) is 5.01. The Balaban J connectivity index is 1.68. The van der Waals surface area contributed by atoms with Gasteiger partial charge in [0.2, 0.25) is 5.95 Å². The first-order valence-electron chi connectivity index (χ1n) is 8.88. The van der Waals surface area contributed by atoms with E-state index in [-0.39, 0.29) is 0 Å². The van der Waals surface area contributed by atoms with Gasteiger partial charge in [0, 0.05) is 16.3 Å². The molecule has 9 heteroatoms. The molecule has 0 saturated carbocycles. The smallest absolute Gasteiger partial charge is 0.338 e. The van der Waals surface area contributed by atoms with Gasteiger partial charge in [-0.25, -0.2) is 4.79 Å². The molecule has 0 spiro atoms. The van der Waals surface area contributed by atoms with Gasteiger partial charge in [0.05, 0.1) is 12.7 Å². The number of hydrogen-bond donors (Lipinski definition) is 1. The van der Waals surface area contributed by atoms with Gasteiger partial charge in [-0.2, -0.15) is 4.68 Å². The predicted octanol–water partition coefficient (Wildman–Crippen LogP) is 3.37. The molecule has 3 aromatic rings. The van der Waals surface area contributed by atoms with Crippen molar-refractivity contribution in [2.24, 2.45) is 0 Å². The Morgan fingerprint density at radius 1 is 1.24 bits per heavy atom. The Morgan fingerprint density at radius 2 is 2.07 bits per heavy atom. The minimum absolute atomic E-state index is 0.324. The number of carbonyl (C=O) groups excluding carboxylic acids is 1. The van der Waals surface area contributed by atoms with Crippen LogP contribution in [0.5, 0.6) is 5.75 Å². The minimum Gasteiger partial charge on any atom is -0.489 e. The second kappa shape index (κ2) is 7.92. The summed E-state index contributed by atoms with van der Waals surface area (Å²) in [7, 11) is 1.35. The highest BCUT2D eigenvalue weighted by atomic mass is 35.5. The molecule has 0 radical (unpaired) electrons. The van der Waals surface area contributed by atoms with Gasteiger partial charge in [-0.05, 0) is 41.1 Å². The summed E-state index contributed by atoms with van der Waals surface area (Å²) in [6.45, 7) is 2.11. The van der Waals surface area contributed by atoms with Crippen LogP contribution in [0.15, 0.2) is 59.8 Å².